The summed E-state index contributed by atoms with van der Waals surface area (Å²) >= 11 is 7.67. The van der Waals surface area contributed by atoms with Gasteiger partial charge in [0.2, 0.25) is 0 Å². The summed E-state index contributed by atoms with van der Waals surface area (Å²) in [6.45, 7) is 3.99. The first-order valence-corrected chi connectivity index (χ1v) is 7.82. The summed E-state index contributed by atoms with van der Waals surface area (Å²) in [4.78, 5) is 4.61. The average molecular weight is 297 g/mol. The van der Waals surface area contributed by atoms with E-state index >= 15 is 0 Å². The van der Waals surface area contributed by atoms with Gasteiger partial charge in [0.25, 0.3) is 0 Å². The van der Waals surface area contributed by atoms with Crippen LogP contribution in [-0.2, 0) is 4.74 Å². The zero-order chi connectivity index (χ0) is 13.2. The van der Waals surface area contributed by atoms with Gasteiger partial charge in [0.1, 0.15) is 0 Å². The molecule has 102 valence electrons. The van der Waals surface area contributed by atoms with Crippen molar-refractivity contribution in [1.29, 1.82) is 0 Å². The van der Waals surface area contributed by atoms with Crippen LogP contribution in [0.2, 0.25) is 5.02 Å². The van der Waals surface area contributed by atoms with Crippen molar-refractivity contribution in [3.05, 3.63) is 23.2 Å². The highest BCUT2D eigenvalue weighted by Gasteiger charge is 2.21. The quantitative estimate of drug-likeness (QED) is 0.923. The molecule has 19 heavy (non-hydrogen) atoms. The second-order valence-corrected chi connectivity index (χ2v) is 6.48. The Kier molecular flexibility index (Phi) is 3.91. The third-order valence-electron chi connectivity index (χ3n) is 3.67. The largest absolute Gasteiger partial charge is 0.381 e. The first-order valence-electron chi connectivity index (χ1n) is 6.63. The Hall–Kier alpha value is -0.840. The third kappa shape index (κ3) is 3.02. The van der Waals surface area contributed by atoms with Gasteiger partial charge in [-0.2, -0.15) is 0 Å². The molecular weight excluding hydrogens is 280 g/mol. The summed E-state index contributed by atoms with van der Waals surface area (Å²) in [6, 6.07) is 6.26. The van der Waals surface area contributed by atoms with Crippen molar-refractivity contribution in [2.24, 2.45) is 5.92 Å². The molecule has 3 rings (SSSR count). The van der Waals surface area contributed by atoms with Crippen LogP contribution in [0.5, 0.6) is 0 Å². The van der Waals surface area contributed by atoms with E-state index in [0.29, 0.717) is 12.0 Å². The summed E-state index contributed by atoms with van der Waals surface area (Å²) in [5, 5.41) is 5.28. The molecule has 2 heterocycles. The van der Waals surface area contributed by atoms with E-state index in [9.17, 15) is 0 Å². The van der Waals surface area contributed by atoms with E-state index in [1.807, 2.05) is 18.2 Å². The molecule has 1 aliphatic rings. The molecule has 0 saturated carbocycles. The maximum Gasteiger partial charge on any atom is 0.184 e. The Bertz CT molecular complexity index is 566. The van der Waals surface area contributed by atoms with Crippen LogP contribution in [-0.4, -0.2) is 24.2 Å². The fourth-order valence-corrected chi connectivity index (χ4v) is 3.73. The molecule has 1 aromatic carbocycles. The number of anilines is 1. The van der Waals surface area contributed by atoms with Crippen molar-refractivity contribution >= 4 is 38.3 Å². The fraction of sp³-hybridized carbons (Fsp3) is 0.500. The molecule has 1 fully saturated rings. The molecule has 3 nitrogen and oxygen atoms in total. The van der Waals surface area contributed by atoms with Crippen molar-refractivity contribution < 1.29 is 4.74 Å². The number of thiazole rings is 1. The van der Waals surface area contributed by atoms with Gasteiger partial charge in [-0.1, -0.05) is 22.9 Å². The highest BCUT2D eigenvalue weighted by Crippen LogP contribution is 2.30. The third-order valence-corrected chi connectivity index (χ3v) is 4.86. The molecule has 0 bridgehead atoms. The Morgan fingerprint density at radius 3 is 3.00 bits per heavy atom. The lowest BCUT2D eigenvalue weighted by molar-refractivity contribution is 0.0622. The zero-order valence-electron chi connectivity index (χ0n) is 10.9. The number of aromatic nitrogens is 1. The Morgan fingerprint density at radius 2 is 2.21 bits per heavy atom. The average Bonchev–Trinajstić information content (AvgIpc) is 2.81. The van der Waals surface area contributed by atoms with Crippen LogP contribution in [0.1, 0.15) is 19.8 Å². The summed E-state index contributed by atoms with van der Waals surface area (Å²) in [6.07, 6.45) is 2.26. The summed E-state index contributed by atoms with van der Waals surface area (Å²) in [5.41, 5.74) is 1.01. The molecule has 0 spiro atoms. The van der Waals surface area contributed by atoms with Gasteiger partial charge in [-0.05, 0) is 43.9 Å². The van der Waals surface area contributed by atoms with Gasteiger partial charge >= 0.3 is 0 Å². The Balaban J connectivity index is 1.73. The highest BCUT2D eigenvalue weighted by atomic mass is 35.5. The van der Waals surface area contributed by atoms with Gasteiger partial charge in [-0.15, -0.1) is 0 Å². The van der Waals surface area contributed by atoms with Crippen LogP contribution in [0.25, 0.3) is 10.2 Å². The smallest absolute Gasteiger partial charge is 0.184 e. The van der Waals surface area contributed by atoms with E-state index in [2.05, 4.69) is 17.2 Å². The normalized spacial score (nSPS) is 18.6. The van der Waals surface area contributed by atoms with Crippen LogP contribution in [0.3, 0.4) is 0 Å². The summed E-state index contributed by atoms with van der Waals surface area (Å²) in [5.74, 6) is 0.671. The van der Waals surface area contributed by atoms with Crippen molar-refractivity contribution in [3.8, 4) is 0 Å². The number of nitrogens with zero attached hydrogens (tertiary/aromatic N) is 1. The highest BCUT2D eigenvalue weighted by molar-refractivity contribution is 7.22. The molecule has 0 amide bonds. The molecule has 1 atom stereocenters. The van der Waals surface area contributed by atoms with Gasteiger partial charge in [0, 0.05) is 24.3 Å². The molecular formula is C14H17ClN2OS. The molecule has 1 N–H and O–H groups in total. The Morgan fingerprint density at radius 1 is 1.42 bits per heavy atom. The SMILES string of the molecule is CC(Nc1nc2ccc(Cl)cc2s1)C1CCOCC1. The van der Waals surface area contributed by atoms with Crippen molar-refractivity contribution in [1.82, 2.24) is 4.98 Å². The van der Waals surface area contributed by atoms with E-state index in [1.54, 1.807) is 11.3 Å². The first-order chi connectivity index (χ1) is 9.22. The van der Waals surface area contributed by atoms with Gasteiger partial charge in [0.05, 0.1) is 10.2 Å². The number of hydrogen-bond acceptors (Lipinski definition) is 4. The molecule has 5 heteroatoms. The lowest BCUT2D eigenvalue weighted by Crippen LogP contribution is -2.30. The number of fused-ring (bicyclic) bond motifs is 1. The number of benzene rings is 1. The van der Waals surface area contributed by atoms with Gasteiger partial charge in [-0.3, -0.25) is 0 Å². The van der Waals surface area contributed by atoms with E-state index in [4.69, 9.17) is 16.3 Å². The number of nitrogens with one attached hydrogen (secondary N) is 1. The van der Waals surface area contributed by atoms with Gasteiger partial charge < -0.3 is 10.1 Å². The molecule has 0 aliphatic carbocycles. The molecule has 1 saturated heterocycles. The predicted molar refractivity (Wildman–Crippen MR) is 81.3 cm³/mol. The van der Waals surface area contributed by atoms with Crippen LogP contribution >= 0.6 is 22.9 Å². The van der Waals surface area contributed by atoms with E-state index < -0.39 is 0 Å². The van der Waals surface area contributed by atoms with Crippen LogP contribution < -0.4 is 5.32 Å². The minimum Gasteiger partial charge on any atom is -0.381 e. The zero-order valence-corrected chi connectivity index (χ0v) is 12.4. The van der Waals surface area contributed by atoms with Crippen LogP contribution in [0.15, 0.2) is 18.2 Å². The minimum absolute atomic E-state index is 0.430. The van der Waals surface area contributed by atoms with E-state index in [0.717, 1.165) is 46.4 Å². The maximum absolute atomic E-state index is 6.00. The molecule has 1 aliphatic heterocycles. The molecule has 2 aromatic rings. The first kappa shape index (κ1) is 13.2. The number of hydrogen-bond donors (Lipinski definition) is 1. The van der Waals surface area contributed by atoms with Gasteiger partial charge in [-0.25, -0.2) is 4.98 Å². The van der Waals surface area contributed by atoms with Crippen molar-refractivity contribution in [3.63, 3.8) is 0 Å². The molecule has 1 aromatic heterocycles. The second kappa shape index (κ2) is 5.65. The molecule has 1 unspecified atom stereocenters. The summed E-state index contributed by atoms with van der Waals surface area (Å²) < 4.78 is 6.54. The van der Waals surface area contributed by atoms with Crippen LogP contribution in [0.4, 0.5) is 5.13 Å². The Labute approximate surface area is 121 Å². The monoisotopic (exact) mass is 296 g/mol. The maximum atomic E-state index is 6.00. The number of ether oxygens (including phenoxy) is 1. The van der Waals surface area contributed by atoms with E-state index in [1.165, 1.54) is 0 Å². The van der Waals surface area contributed by atoms with Gasteiger partial charge in [0.15, 0.2) is 5.13 Å². The number of halogens is 1. The lowest BCUT2D eigenvalue weighted by Gasteiger charge is -2.28. The lowest BCUT2D eigenvalue weighted by atomic mass is 9.93. The number of rotatable bonds is 3. The van der Waals surface area contributed by atoms with Crippen molar-refractivity contribution in [2.75, 3.05) is 18.5 Å². The second-order valence-electron chi connectivity index (χ2n) is 5.01. The van der Waals surface area contributed by atoms with Crippen LogP contribution in [0, 0.1) is 5.92 Å². The minimum atomic E-state index is 0.430. The predicted octanol–water partition coefficient (Wildman–Crippen LogP) is 4.18. The fourth-order valence-electron chi connectivity index (χ4n) is 2.49. The standard InChI is InChI=1S/C14H17ClN2OS/c1-9(10-4-6-18-7-5-10)16-14-17-12-3-2-11(15)8-13(12)19-14/h2-3,8-10H,4-7H2,1H3,(H,16,17). The topological polar surface area (TPSA) is 34.2 Å². The van der Waals surface area contributed by atoms with E-state index in [-0.39, 0.29) is 0 Å². The van der Waals surface area contributed by atoms with Crippen molar-refractivity contribution in [2.45, 2.75) is 25.8 Å². The summed E-state index contributed by atoms with van der Waals surface area (Å²) in [7, 11) is 0. The molecule has 0 radical (unpaired) electrons.